The van der Waals surface area contributed by atoms with Gasteiger partial charge in [0.1, 0.15) is 6.61 Å². The average Bonchev–Trinajstić information content (AvgIpc) is 3.46. The van der Waals surface area contributed by atoms with E-state index in [1.165, 1.54) is 23.1 Å². The molecule has 1 N–H and O–H groups in total. The van der Waals surface area contributed by atoms with E-state index in [1.807, 2.05) is 28.8 Å². The molecule has 1 aromatic heterocycles. The van der Waals surface area contributed by atoms with Gasteiger partial charge in [0.25, 0.3) is 11.8 Å². The number of anilines is 1. The Bertz CT molecular complexity index is 1480. The van der Waals surface area contributed by atoms with E-state index in [4.69, 9.17) is 16.3 Å². The predicted octanol–water partition coefficient (Wildman–Crippen LogP) is 5.33. The van der Waals surface area contributed by atoms with Crippen LogP contribution in [0.1, 0.15) is 22.7 Å². The molecule has 0 bridgehead atoms. The largest absolute Gasteiger partial charge is 0.416 e. The number of carbonyl (C=O) groups excluding carboxylic acids is 2. The summed E-state index contributed by atoms with van der Waals surface area (Å²) in [6.07, 6.45) is -0.764. The third kappa shape index (κ3) is 5.81. The number of hydrogen-bond acceptors (Lipinski definition) is 4. The Morgan fingerprint density at radius 1 is 1.05 bits per heavy atom. The van der Waals surface area contributed by atoms with Gasteiger partial charge in [0.15, 0.2) is 6.10 Å². The third-order valence-electron chi connectivity index (χ3n) is 6.33. The summed E-state index contributed by atoms with van der Waals surface area (Å²) in [5.74, 6) is -1.09. The number of nitrogens with one attached hydrogen (secondary N) is 1. The Morgan fingerprint density at radius 3 is 2.51 bits per heavy atom. The fourth-order valence-electron chi connectivity index (χ4n) is 4.47. The Kier molecular flexibility index (Phi) is 7.40. The van der Waals surface area contributed by atoms with Crippen LogP contribution in [0.25, 0.3) is 5.69 Å². The van der Waals surface area contributed by atoms with E-state index in [2.05, 4.69) is 10.3 Å². The molecule has 200 valence electrons. The zero-order valence-electron chi connectivity index (χ0n) is 20.3. The van der Waals surface area contributed by atoms with Gasteiger partial charge in [-0.15, -0.1) is 0 Å². The number of amides is 2. The highest BCUT2D eigenvalue weighted by molar-refractivity contribution is 6.31. The Morgan fingerprint density at radius 2 is 1.82 bits per heavy atom. The lowest BCUT2D eigenvalue weighted by molar-refractivity contribution is -0.144. The summed E-state index contributed by atoms with van der Waals surface area (Å²) in [7, 11) is 0. The quantitative estimate of drug-likeness (QED) is 0.349. The lowest BCUT2D eigenvalue weighted by atomic mass is 9.94. The molecule has 0 spiro atoms. The van der Waals surface area contributed by atoms with Crippen molar-refractivity contribution < 1.29 is 27.5 Å². The second-order valence-corrected chi connectivity index (χ2v) is 9.33. The molecule has 2 heterocycles. The van der Waals surface area contributed by atoms with Gasteiger partial charge < -0.3 is 14.6 Å². The number of carbonyl (C=O) groups is 2. The highest BCUT2D eigenvalue weighted by atomic mass is 35.5. The molecule has 4 aromatic rings. The zero-order valence-corrected chi connectivity index (χ0v) is 21.1. The second-order valence-electron chi connectivity index (χ2n) is 8.90. The molecule has 3 aromatic carbocycles. The average molecular weight is 555 g/mol. The molecule has 0 radical (unpaired) electrons. The van der Waals surface area contributed by atoms with Gasteiger partial charge in [0.2, 0.25) is 0 Å². The molecule has 1 aliphatic heterocycles. The zero-order chi connectivity index (χ0) is 27.6. The summed E-state index contributed by atoms with van der Waals surface area (Å²) in [6, 6.07) is 17.1. The standard InChI is InChI=1S/C28H22ClF3N4O3/c29-21-5-2-6-23(14-21)36-24(37)16-39-26(25(36)19-3-1-4-20(13-19)28(30,31)32)27(38)34-15-18-7-9-22(10-8-18)35-12-11-33-17-35/h1-14,17,25-26H,15-16H2,(H,34,38)/t25-,26+/m1/s1. The smallest absolute Gasteiger partial charge is 0.356 e. The van der Waals surface area contributed by atoms with E-state index in [0.29, 0.717) is 10.7 Å². The van der Waals surface area contributed by atoms with Gasteiger partial charge in [0.05, 0.1) is 17.9 Å². The molecule has 0 aliphatic carbocycles. The van der Waals surface area contributed by atoms with Crippen LogP contribution in [0.3, 0.4) is 0 Å². The molecular weight excluding hydrogens is 533 g/mol. The van der Waals surface area contributed by atoms with Crippen molar-refractivity contribution in [2.75, 3.05) is 11.5 Å². The summed E-state index contributed by atoms with van der Waals surface area (Å²) >= 11 is 6.15. The van der Waals surface area contributed by atoms with Gasteiger partial charge in [-0.1, -0.05) is 41.9 Å². The fourth-order valence-corrected chi connectivity index (χ4v) is 4.66. The van der Waals surface area contributed by atoms with Crippen molar-refractivity contribution in [2.45, 2.75) is 24.9 Å². The maximum Gasteiger partial charge on any atom is 0.416 e. The summed E-state index contributed by atoms with van der Waals surface area (Å²) in [5.41, 5.74) is 1.22. The first-order valence-corrected chi connectivity index (χ1v) is 12.3. The van der Waals surface area contributed by atoms with Crippen molar-refractivity contribution in [3.05, 3.63) is 113 Å². The molecule has 39 heavy (non-hydrogen) atoms. The number of halogens is 4. The van der Waals surface area contributed by atoms with Crippen LogP contribution in [0, 0.1) is 0 Å². The van der Waals surface area contributed by atoms with Crippen LogP contribution in [0.15, 0.2) is 91.5 Å². The minimum atomic E-state index is -4.61. The van der Waals surface area contributed by atoms with Crippen LogP contribution >= 0.6 is 11.6 Å². The molecule has 1 fully saturated rings. The van der Waals surface area contributed by atoms with Gasteiger partial charge in [-0.25, -0.2) is 4.98 Å². The normalized spacial score (nSPS) is 17.7. The number of morpholine rings is 1. The highest BCUT2D eigenvalue weighted by Crippen LogP contribution is 2.38. The number of hydrogen-bond donors (Lipinski definition) is 1. The van der Waals surface area contributed by atoms with E-state index in [9.17, 15) is 22.8 Å². The van der Waals surface area contributed by atoms with Crippen LogP contribution in [0.2, 0.25) is 5.02 Å². The number of aromatic nitrogens is 2. The fraction of sp³-hybridized carbons (Fsp3) is 0.179. The van der Waals surface area contributed by atoms with Crippen LogP contribution in [-0.4, -0.2) is 34.1 Å². The number of benzene rings is 3. The molecule has 7 nitrogen and oxygen atoms in total. The highest BCUT2D eigenvalue weighted by Gasteiger charge is 2.43. The van der Waals surface area contributed by atoms with Crippen molar-refractivity contribution in [1.82, 2.24) is 14.9 Å². The topological polar surface area (TPSA) is 76.5 Å². The van der Waals surface area contributed by atoms with E-state index < -0.39 is 42.3 Å². The van der Waals surface area contributed by atoms with Crippen LogP contribution in [-0.2, 0) is 27.0 Å². The molecule has 2 atom stereocenters. The van der Waals surface area contributed by atoms with Crippen LogP contribution in [0.5, 0.6) is 0 Å². The number of alkyl halides is 3. The summed E-state index contributed by atoms with van der Waals surface area (Å²) in [5, 5.41) is 3.12. The van der Waals surface area contributed by atoms with Crippen LogP contribution in [0.4, 0.5) is 18.9 Å². The monoisotopic (exact) mass is 554 g/mol. The molecule has 5 rings (SSSR count). The maximum atomic E-state index is 13.6. The third-order valence-corrected chi connectivity index (χ3v) is 6.56. The van der Waals surface area contributed by atoms with Gasteiger partial charge >= 0.3 is 6.18 Å². The van der Waals surface area contributed by atoms with Crippen molar-refractivity contribution >= 4 is 29.1 Å². The Labute approximate surface area is 226 Å². The number of imidazole rings is 1. The number of nitrogens with zero attached hydrogens (tertiary/aromatic N) is 3. The molecule has 11 heteroatoms. The molecule has 2 amide bonds. The van der Waals surface area contributed by atoms with Crippen LogP contribution < -0.4 is 10.2 Å². The molecule has 0 saturated carbocycles. The van der Waals surface area contributed by atoms with Crippen molar-refractivity contribution in [1.29, 1.82) is 0 Å². The minimum Gasteiger partial charge on any atom is -0.356 e. The van der Waals surface area contributed by atoms with Gasteiger partial charge in [-0.05, 0) is 53.6 Å². The summed E-state index contributed by atoms with van der Waals surface area (Å²) in [4.78, 5) is 31.7. The second kappa shape index (κ2) is 10.9. The van der Waals surface area contributed by atoms with Crippen molar-refractivity contribution in [3.8, 4) is 5.69 Å². The Hall–Kier alpha value is -4.15. The first kappa shape index (κ1) is 26.5. The lowest BCUT2D eigenvalue weighted by Gasteiger charge is -2.40. The Balaban J connectivity index is 1.44. The predicted molar refractivity (Wildman–Crippen MR) is 138 cm³/mol. The minimum absolute atomic E-state index is 0.0997. The van der Waals surface area contributed by atoms with Crippen molar-refractivity contribution in [2.24, 2.45) is 0 Å². The van der Waals surface area contributed by atoms with Gasteiger partial charge in [-0.2, -0.15) is 13.2 Å². The molecular formula is C28H22ClF3N4O3. The maximum absolute atomic E-state index is 13.6. The van der Waals surface area contributed by atoms with E-state index >= 15 is 0 Å². The first-order chi connectivity index (χ1) is 18.7. The summed E-state index contributed by atoms with van der Waals surface area (Å²) in [6.45, 7) is -0.289. The number of ether oxygens (including phenoxy) is 1. The van der Waals surface area contributed by atoms with E-state index in [-0.39, 0.29) is 12.1 Å². The van der Waals surface area contributed by atoms with E-state index in [0.717, 1.165) is 23.4 Å². The van der Waals surface area contributed by atoms with E-state index in [1.54, 1.807) is 36.9 Å². The van der Waals surface area contributed by atoms with Gasteiger partial charge in [-0.3, -0.25) is 14.5 Å². The van der Waals surface area contributed by atoms with Crippen molar-refractivity contribution in [3.63, 3.8) is 0 Å². The molecule has 0 unspecified atom stereocenters. The first-order valence-electron chi connectivity index (χ1n) is 11.9. The number of rotatable bonds is 6. The molecule has 1 aliphatic rings. The molecule has 1 saturated heterocycles. The SMILES string of the molecule is O=C(NCc1ccc(-n2ccnc2)cc1)[C@H]1OCC(=O)N(c2cccc(Cl)c2)[C@@H]1c1cccc(C(F)(F)F)c1. The summed E-state index contributed by atoms with van der Waals surface area (Å²) < 4.78 is 48.1. The van der Waals surface area contributed by atoms with Gasteiger partial charge in [0, 0.05) is 35.3 Å². The lowest BCUT2D eigenvalue weighted by Crippen LogP contribution is -2.54.